The Balaban J connectivity index is 2.44. The predicted molar refractivity (Wildman–Crippen MR) is 57.9 cm³/mol. The number of thioether (sulfide) groups is 1. The average molecular weight is 222 g/mol. The van der Waals surface area contributed by atoms with Gasteiger partial charge in [-0.1, -0.05) is 11.8 Å². The first kappa shape index (κ1) is 9.91. The van der Waals surface area contributed by atoms with Gasteiger partial charge in [0.05, 0.1) is 5.69 Å². The van der Waals surface area contributed by atoms with E-state index in [-0.39, 0.29) is 0 Å². The Morgan fingerprint density at radius 1 is 1.33 bits per heavy atom. The Morgan fingerprint density at radius 3 is 2.67 bits per heavy atom. The lowest BCUT2D eigenvalue weighted by Crippen LogP contribution is -2.05. The first-order valence-electron chi connectivity index (χ1n) is 4.28. The van der Waals surface area contributed by atoms with Gasteiger partial charge in [0.25, 0.3) is 0 Å². The minimum atomic E-state index is 0.317. The van der Waals surface area contributed by atoms with E-state index >= 15 is 0 Å². The number of nitrogens with zero attached hydrogens (tertiary/aromatic N) is 5. The van der Waals surface area contributed by atoms with Crippen LogP contribution in [0.25, 0.3) is 5.82 Å². The zero-order chi connectivity index (χ0) is 10.8. The largest absolute Gasteiger partial charge is 0.368 e. The van der Waals surface area contributed by atoms with Crippen LogP contribution in [0.3, 0.4) is 0 Å². The molecule has 7 heteroatoms. The summed E-state index contributed by atoms with van der Waals surface area (Å²) in [5.74, 6) is 0.892. The molecular weight excluding hydrogens is 212 g/mol. The molecule has 15 heavy (non-hydrogen) atoms. The lowest BCUT2D eigenvalue weighted by atomic mass is 10.4. The molecule has 0 spiro atoms. The molecule has 0 aromatic carbocycles. The molecular formula is C8H10N6S. The highest BCUT2D eigenvalue weighted by Crippen LogP contribution is 2.14. The van der Waals surface area contributed by atoms with Gasteiger partial charge in [-0.15, -0.1) is 10.2 Å². The van der Waals surface area contributed by atoms with Crippen molar-refractivity contribution >= 4 is 17.7 Å². The monoisotopic (exact) mass is 222 g/mol. The highest BCUT2D eigenvalue weighted by molar-refractivity contribution is 7.98. The molecule has 0 aliphatic carbocycles. The molecule has 0 unspecified atom stereocenters. The van der Waals surface area contributed by atoms with Gasteiger partial charge in [0.15, 0.2) is 5.82 Å². The summed E-state index contributed by atoms with van der Waals surface area (Å²) in [6, 6.07) is 3.65. The van der Waals surface area contributed by atoms with Crippen molar-refractivity contribution in [3.05, 3.63) is 17.8 Å². The van der Waals surface area contributed by atoms with Gasteiger partial charge >= 0.3 is 0 Å². The molecule has 0 saturated carbocycles. The normalized spacial score (nSPS) is 10.5. The number of nitrogens with two attached hydrogens (primary N) is 1. The van der Waals surface area contributed by atoms with Gasteiger partial charge in [0, 0.05) is 0 Å². The van der Waals surface area contributed by atoms with E-state index in [0.717, 1.165) is 5.69 Å². The quantitative estimate of drug-likeness (QED) is 0.752. The molecule has 0 aliphatic rings. The maximum Gasteiger partial charge on any atom is 0.225 e. The molecule has 0 radical (unpaired) electrons. The summed E-state index contributed by atoms with van der Waals surface area (Å²) in [4.78, 5) is 4.05. The predicted octanol–water partition coefficient (Wildman–Crippen LogP) is 0.670. The number of aryl methyl sites for hydroxylation is 1. The first-order valence-corrected chi connectivity index (χ1v) is 5.50. The van der Waals surface area contributed by atoms with Crippen molar-refractivity contribution in [3.8, 4) is 5.82 Å². The van der Waals surface area contributed by atoms with Crippen molar-refractivity contribution in [2.24, 2.45) is 0 Å². The molecule has 0 atom stereocenters. The molecule has 0 aliphatic heterocycles. The third-order valence-electron chi connectivity index (χ3n) is 1.80. The fraction of sp³-hybridized carbons (Fsp3) is 0.250. The molecule has 0 amide bonds. The highest BCUT2D eigenvalue weighted by Gasteiger charge is 2.08. The fourth-order valence-electron chi connectivity index (χ4n) is 1.06. The van der Waals surface area contributed by atoms with Crippen LogP contribution in [0.15, 0.2) is 17.3 Å². The molecule has 6 nitrogen and oxygen atoms in total. The number of hydrogen-bond acceptors (Lipinski definition) is 6. The standard InChI is InChI=1S/C8H10N6S/c1-5-3-4-6(12-11-5)14-7(9)10-8(13-14)15-2/h3-4H,1-2H3,(H2,9,10,13). The fourth-order valence-corrected chi connectivity index (χ4v) is 1.41. The van der Waals surface area contributed by atoms with E-state index in [4.69, 9.17) is 5.73 Å². The third-order valence-corrected chi connectivity index (χ3v) is 2.33. The minimum Gasteiger partial charge on any atom is -0.368 e. The van der Waals surface area contributed by atoms with E-state index in [1.807, 2.05) is 19.2 Å². The van der Waals surface area contributed by atoms with Crippen LogP contribution in [0.5, 0.6) is 0 Å². The summed E-state index contributed by atoms with van der Waals surface area (Å²) >= 11 is 1.43. The van der Waals surface area contributed by atoms with E-state index < -0.39 is 0 Å². The van der Waals surface area contributed by atoms with Crippen LogP contribution < -0.4 is 5.73 Å². The molecule has 0 saturated heterocycles. The van der Waals surface area contributed by atoms with Crippen molar-refractivity contribution in [1.82, 2.24) is 25.0 Å². The average Bonchev–Trinajstić information content (AvgIpc) is 2.61. The molecule has 0 bridgehead atoms. The maximum atomic E-state index is 5.70. The number of nitrogen functional groups attached to an aromatic ring is 1. The molecule has 2 aromatic rings. The van der Waals surface area contributed by atoms with Gasteiger partial charge in [-0.2, -0.15) is 14.8 Å². The Bertz CT molecular complexity index is 462. The second kappa shape index (κ2) is 3.85. The lowest BCUT2D eigenvalue weighted by Gasteiger charge is -1.99. The van der Waals surface area contributed by atoms with Gasteiger partial charge in [-0.25, -0.2) is 0 Å². The molecule has 2 rings (SSSR count). The SMILES string of the molecule is CSc1nc(N)n(-c2ccc(C)nn2)n1. The van der Waals surface area contributed by atoms with Crippen molar-refractivity contribution in [3.63, 3.8) is 0 Å². The van der Waals surface area contributed by atoms with E-state index in [9.17, 15) is 0 Å². The summed E-state index contributed by atoms with van der Waals surface area (Å²) < 4.78 is 1.47. The second-order valence-corrected chi connectivity index (χ2v) is 3.67. The molecule has 0 fully saturated rings. The number of anilines is 1. The van der Waals surface area contributed by atoms with Crippen LogP contribution in [-0.4, -0.2) is 31.2 Å². The van der Waals surface area contributed by atoms with Crippen LogP contribution in [0.4, 0.5) is 5.95 Å². The highest BCUT2D eigenvalue weighted by atomic mass is 32.2. The minimum absolute atomic E-state index is 0.317. The summed E-state index contributed by atoms with van der Waals surface area (Å²) in [6.45, 7) is 1.87. The van der Waals surface area contributed by atoms with E-state index in [1.165, 1.54) is 16.4 Å². The first-order chi connectivity index (χ1) is 7.20. The van der Waals surface area contributed by atoms with Crippen LogP contribution in [-0.2, 0) is 0 Å². The number of aromatic nitrogens is 5. The van der Waals surface area contributed by atoms with Gasteiger partial charge in [0.2, 0.25) is 11.1 Å². The Hall–Kier alpha value is -1.63. The van der Waals surface area contributed by atoms with Crippen molar-refractivity contribution in [2.75, 3.05) is 12.0 Å². The molecule has 2 heterocycles. The molecule has 2 N–H and O–H groups in total. The van der Waals surface area contributed by atoms with Crippen LogP contribution in [0, 0.1) is 6.92 Å². The van der Waals surface area contributed by atoms with Crippen molar-refractivity contribution in [2.45, 2.75) is 12.1 Å². The van der Waals surface area contributed by atoms with Crippen LogP contribution in [0.1, 0.15) is 5.69 Å². The smallest absolute Gasteiger partial charge is 0.225 e. The zero-order valence-corrected chi connectivity index (χ0v) is 9.19. The van der Waals surface area contributed by atoms with E-state index in [2.05, 4.69) is 20.3 Å². The van der Waals surface area contributed by atoms with Gasteiger partial charge in [-0.3, -0.25) is 0 Å². The second-order valence-electron chi connectivity index (χ2n) is 2.90. The van der Waals surface area contributed by atoms with Crippen molar-refractivity contribution < 1.29 is 0 Å². The van der Waals surface area contributed by atoms with Crippen LogP contribution >= 0.6 is 11.8 Å². The summed E-state index contributed by atoms with van der Waals surface area (Å²) in [6.07, 6.45) is 1.89. The number of hydrogen-bond donors (Lipinski definition) is 1. The number of rotatable bonds is 2. The molecule has 78 valence electrons. The van der Waals surface area contributed by atoms with E-state index in [0.29, 0.717) is 16.9 Å². The van der Waals surface area contributed by atoms with Crippen LogP contribution in [0.2, 0.25) is 0 Å². The van der Waals surface area contributed by atoms with Crippen molar-refractivity contribution in [1.29, 1.82) is 0 Å². The zero-order valence-electron chi connectivity index (χ0n) is 8.38. The Morgan fingerprint density at radius 2 is 2.13 bits per heavy atom. The summed E-state index contributed by atoms with van der Waals surface area (Å²) in [5.41, 5.74) is 6.54. The summed E-state index contributed by atoms with van der Waals surface area (Å²) in [5, 5.41) is 12.7. The Labute approximate surface area is 90.9 Å². The topological polar surface area (TPSA) is 82.5 Å². The Kier molecular flexibility index (Phi) is 2.55. The van der Waals surface area contributed by atoms with Gasteiger partial charge in [-0.05, 0) is 25.3 Å². The maximum absolute atomic E-state index is 5.70. The van der Waals surface area contributed by atoms with Gasteiger partial charge in [0.1, 0.15) is 0 Å². The van der Waals surface area contributed by atoms with E-state index in [1.54, 1.807) is 6.07 Å². The van der Waals surface area contributed by atoms with Gasteiger partial charge < -0.3 is 5.73 Å². The summed E-state index contributed by atoms with van der Waals surface area (Å²) in [7, 11) is 0. The third kappa shape index (κ3) is 1.91. The lowest BCUT2D eigenvalue weighted by molar-refractivity contribution is 0.786. The molecule has 2 aromatic heterocycles.